The van der Waals surface area contributed by atoms with Crippen LogP contribution in [0, 0.1) is 0 Å². The lowest BCUT2D eigenvalue weighted by Gasteiger charge is -2.29. The van der Waals surface area contributed by atoms with Crippen molar-refractivity contribution in [2.45, 2.75) is 38.5 Å². The fourth-order valence-electron chi connectivity index (χ4n) is 3.14. The molecule has 3 aromatic rings. The first-order chi connectivity index (χ1) is 13.1. The van der Waals surface area contributed by atoms with Gasteiger partial charge < -0.3 is 13.8 Å². The molecular weight excluding hydrogens is 346 g/mol. The monoisotopic (exact) mass is 367 g/mol. The molecule has 140 valence electrons. The number of amides is 1. The first kappa shape index (κ1) is 17.4. The predicted molar refractivity (Wildman–Crippen MR) is 96.0 cm³/mol. The molecule has 1 aliphatic heterocycles. The van der Waals surface area contributed by atoms with Gasteiger partial charge in [-0.1, -0.05) is 19.0 Å². The van der Waals surface area contributed by atoms with E-state index in [0.29, 0.717) is 30.6 Å². The van der Waals surface area contributed by atoms with Gasteiger partial charge in [0.25, 0.3) is 5.91 Å². The molecule has 1 amide bonds. The first-order valence-corrected chi connectivity index (χ1v) is 9.10. The zero-order valence-electron chi connectivity index (χ0n) is 15.3. The number of carbonyl (C=O) groups is 1. The van der Waals surface area contributed by atoms with Crippen molar-refractivity contribution in [1.82, 2.24) is 25.0 Å². The van der Waals surface area contributed by atoms with Gasteiger partial charge >= 0.3 is 0 Å². The summed E-state index contributed by atoms with van der Waals surface area (Å²) >= 11 is 0. The average Bonchev–Trinajstić information content (AvgIpc) is 3.38. The topological polar surface area (TPSA) is 98.2 Å². The standard InChI is InChI=1S/C19H21N5O3/c1-12(2)17-22-16(23-27-17)13-5-8-24(9-6-13)19(25)15-11-26-18(21-15)14-4-3-7-20-10-14/h3-4,7,10-13H,5-6,8-9H2,1-2H3. The number of rotatable bonds is 4. The second-order valence-corrected chi connectivity index (χ2v) is 6.99. The molecule has 1 fully saturated rings. The van der Waals surface area contributed by atoms with Crippen molar-refractivity contribution in [3.63, 3.8) is 0 Å². The van der Waals surface area contributed by atoms with Gasteiger partial charge in [0.05, 0.1) is 5.56 Å². The third kappa shape index (κ3) is 3.60. The third-order valence-electron chi connectivity index (χ3n) is 4.73. The van der Waals surface area contributed by atoms with Crippen LogP contribution in [0.15, 0.2) is 39.7 Å². The Morgan fingerprint density at radius 1 is 1.26 bits per heavy atom. The van der Waals surface area contributed by atoms with Crippen LogP contribution in [-0.4, -0.2) is 44.0 Å². The number of hydrogen-bond acceptors (Lipinski definition) is 7. The molecule has 4 heterocycles. The van der Waals surface area contributed by atoms with Gasteiger partial charge in [0.2, 0.25) is 11.8 Å². The van der Waals surface area contributed by atoms with Crippen LogP contribution in [0.1, 0.15) is 60.7 Å². The summed E-state index contributed by atoms with van der Waals surface area (Å²) < 4.78 is 10.7. The van der Waals surface area contributed by atoms with Crippen LogP contribution in [-0.2, 0) is 0 Å². The number of nitrogens with zero attached hydrogens (tertiary/aromatic N) is 5. The van der Waals surface area contributed by atoms with Crippen molar-refractivity contribution in [2.24, 2.45) is 0 Å². The van der Waals surface area contributed by atoms with E-state index < -0.39 is 0 Å². The molecule has 0 spiro atoms. The van der Waals surface area contributed by atoms with E-state index in [-0.39, 0.29) is 17.7 Å². The molecule has 27 heavy (non-hydrogen) atoms. The van der Waals surface area contributed by atoms with Crippen LogP contribution < -0.4 is 0 Å². The van der Waals surface area contributed by atoms with E-state index in [1.807, 2.05) is 19.9 Å². The van der Waals surface area contributed by atoms with Crippen molar-refractivity contribution in [3.8, 4) is 11.5 Å². The van der Waals surface area contributed by atoms with Crippen molar-refractivity contribution in [3.05, 3.63) is 48.2 Å². The van der Waals surface area contributed by atoms with Crippen molar-refractivity contribution in [2.75, 3.05) is 13.1 Å². The number of aromatic nitrogens is 4. The molecule has 0 unspecified atom stereocenters. The zero-order valence-corrected chi connectivity index (χ0v) is 15.3. The van der Waals surface area contributed by atoms with Gasteiger partial charge in [0.15, 0.2) is 11.5 Å². The van der Waals surface area contributed by atoms with Crippen molar-refractivity contribution in [1.29, 1.82) is 0 Å². The van der Waals surface area contributed by atoms with Gasteiger partial charge in [0, 0.05) is 37.3 Å². The molecule has 0 radical (unpaired) electrons. The molecule has 0 aromatic carbocycles. The van der Waals surface area contributed by atoms with Gasteiger partial charge in [-0.2, -0.15) is 4.98 Å². The van der Waals surface area contributed by atoms with Gasteiger partial charge in [-0.25, -0.2) is 4.98 Å². The van der Waals surface area contributed by atoms with E-state index in [1.54, 1.807) is 23.4 Å². The smallest absolute Gasteiger partial charge is 0.275 e. The van der Waals surface area contributed by atoms with Gasteiger partial charge in [-0.05, 0) is 25.0 Å². The van der Waals surface area contributed by atoms with Gasteiger partial charge in [-0.15, -0.1) is 0 Å². The third-order valence-corrected chi connectivity index (χ3v) is 4.73. The van der Waals surface area contributed by atoms with E-state index in [9.17, 15) is 4.79 Å². The van der Waals surface area contributed by atoms with E-state index >= 15 is 0 Å². The summed E-state index contributed by atoms with van der Waals surface area (Å²) in [5, 5.41) is 4.10. The number of oxazole rings is 1. The second-order valence-electron chi connectivity index (χ2n) is 6.99. The van der Waals surface area contributed by atoms with Gasteiger partial charge in [-0.3, -0.25) is 9.78 Å². The highest BCUT2D eigenvalue weighted by atomic mass is 16.5. The summed E-state index contributed by atoms with van der Waals surface area (Å²) in [5.74, 6) is 2.11. The number of piperidine rings is 1. The molecular formula is C19H21N5O3. The Hall–Kier alpha value is -3.03. The highest BCUT2D eigenvalue weighted by Crippen LogP contribution is 2.28. The lowest BCUT2D eigenvalue weighted by Crippen LogP contribution is -2.38. The van der Waals surface area contributed by atoms with Crippen molar-refractivity contribution < 1.29 is 13.7 Å². The van der Waals surface area contributed by atoms with Crippen LogP contribution in [0.3, 0.4) is 0 Å². The Balaban J connectivity index is 1.39. The second kappa shape index (κ2) is 7.30. The number of likely N-dealkylation sites (tertiary alicyclic amines) is 1. The fourth-order valence-corrected chi connectivity index (χ4v) is 3.14. The summed E-state index contributed by atoms with van der Waals surface area (Å²) in [6, 6.07) is 3.64. The molecule has 8 heteroatoms. The van der Waals surface area contributed by atoms with E-state index in [0.717, 1.165) is 24.2 Å². The molecule has 1 aliphatic rings. The molecule has 3 aromatic heterocycles. The number of pyridine rings is 1. The molecule has 0 N–H and O–H groups in total. The molecule has 0 saturated carbocycles. The highest BCUT2D eigenvalue weighted by Gasteiger charge is 2.29. The molecule has 0 atom stereocenters. The highest BCUT2D eigenvalue weighted by molar-refractivity contribution is 5.92. The minimum absolute atomic E-state index is 0.122. The molecule has 0 bridgehead atoms. The van der Waals surface area contributed by atoms with Crippen molar-refractivity contribution >= 4 is 5.91 Å². The van der Waals surface area contributed by atoms with E-state index in [1.165, 1.54) is 6.26 Å². The molecule has 8 nitrogen and oxygen atoms in total. The minimum Gasteiger partial charge on any atom is -0.444 e. The number of hydrogen-bond donors (Lipinski definition) is 0. The van der Waals surface area contributed by atoms with Crippen LogP contribution >= 0.6 is 0 Å². The quantitative estimate of drug-likeness (QED) is 0.698. The van der Waals surface area contributed by atoms with E-state index in [4.69, 9.17) is 8.94 Å². The average molecular weight is 367 g/mol. The summed E-state index contributed by atoms with van der Waals surface area (Å²) in [4.78, 5) is 27.4. The summed E-state index contributed by atoms with van der Waals surface area (Å²) in [6.45, 7) is 5.31. The van der Waals surface area contributed by atoms with Gasteiger partial charge in [0.1, 0.15) is 6.26 Å². The normalized spacial score (nSPS) is 15.4. The maximum Gasteiger partial charge on any atom is 0.275 e. The number of carbonyl (C=O) groups excluding carboxylic acids is 1. The summed E-state index contributed by atoms with van der Waals surface area (Å²) in [5.41, 5.74) is 1.06. The molecule has 0 aliphatic carbocycles. The minimum atomic E-state index is -0.122. The SMILES string of the molecule is CC(C)c1nc(C2CCN(C(=O)c3coc(-c4cccnc4)n3)CC2)no1. The Morgan fingerprint density at radius 3 is 2.74 bits per heavy atom. The molecule has 4 rings (SSSR count). The van der Waals surface area contributed by atoms with Crippen LogP contribution in [0.5, 0.6) is 0 Å². The summed E-state index contributed by atoms with van der Waals surface area (Å²) in [7, 11) is 0. The first-order valence-electron chi connectivity index (χ1n) is 9.10. The van der Waals surface area contributed by atoms with Crippen LogP contribution in [0.25, 0.3) is 11.5 Å². The Labute approximate surface area is 156 Å². The maximum absolute atomic E-state index is 12.7. The molecule has 1 saturated heterocycles. The maximum atomic E-state index is 12.7. The fraction of sp³-hybridized carbons (Fsp3) is 0.421. The largest absolute Gasteiger partial charge is 0.444 e. The van der Waals surface area contributed by atoms with E-state index in [2.05, 4.69) is 20.1 Å². The van der Waals surface area contributed by atoms with Crippen LogP contribution in [0.2, 0.25) is 0 Å². The lowest BCUT2D eigenvalue weighted by atomic mass is 9.96. The Kier molecular flexibility index (Phi) is 4.70. The summed E-state index contributed by atoms with van der Waals surface area (Å²) in [6.07, 6.45) is 6.34. The van der Waals surface area contributed by atoms with Crippen LogP contribution in [0.4, 0.5) is 0 Å². The zero-order chi connectivity index (χ0) is 18.8. The lowest BCUT2D eigenvalue weighted by molar-refractivity contribution is 0.0704. The Morgan fingerprint density at radius 2 is 2.07 bits per heavy atom. The predicted octanol–water partition coefficient (Wildman–Crippen LogP) is 3.26. The Bertz CT molecular complexity index is 910.